The number of aryl methyl sites for hydroxylation is 2. The van der Waals surface area contributed by atoms with Gasteiger partial charge in [0, 0.05) is 11.4 Å². The second-order valence-corrected chi connectivity index (χ2v) is 5.64. The zero-order valence-electron chi connectivity index (χ0n) is 11.9. The van der Waals surface area contributed by atoms with Gasteiger partial charge in [0.25, 0.3) is 0 Å². The molecule has 21 heavy (non-hydrogen) atoms. The van der Waals surface area contributed by atoms with Crippen LogP contribution >= 0.6 is 23.2 Å². The van der Waals surface area contributed by atoms with Crippen molar-refractivity contribution < 1.29 is 9.84 Å². The topological polar surface area (TPSA) is 46.4 Å². The Hall–Kier alpha value is -1.36. The predicted octanol–water partition coefficient (Wildman–Crippen LogP) is 3.40. The molecule has 0 aliphatic heterocycles. The fourth-order valence-corrected chi connectivity index (χ4v) is 2.48. The molecule has 6 heteroatoms. The molecule has 2 rings (SSSR count). The van der Waals surface area contributed by atoms with Crippen molar-refractivity contribution in [3.63, 3.8) is 0 Å². The maximum Gasteiger partial charge on any atom is 0.156 e. The Labute approximate surface area is 134 Å². The maximum absolute atomic E-state index is 9.99. The van der Waals surface area contributed by atoms with Crippen LogP contribution in [0.25, 0.3) is 0 Å². The third kappa shape index (κ3) is 4.06. The average molecular weight is 329 g/mol. The molecule has 0 amide bonds. The number of hydrogen-bond donors (Lipinski definition) is 2. The number of para-hydroxylation sites is 1. The largest absolute Gasteiger partial charge is 0.488 e. The monoisotopic (exact) mass is 328 g/mol. The van der Waals surface area contributed by atoms with Gasteiger partial charge in [-0.3, -0.25) is 4.68 Å². The Morgan fingerprint density at radius 3 is 2.29 bits per heavy atom. The SMILES string of the molecule is Cc1ccc(C)n1NCC(O)COc1c(Cl)cccc1Cl. The fourth-order valence-electron chi connectivity index (χ4n) is 1.97. The molecule has 1 atom stereocenters. The van der Waals surface area contributed by atoms with Gasteiger partial charge >= 0.3 is 0 Å². The lowest BCUT2D eigenvalue weighted by Gasteiger charge is -2.17. The Kier molecular flexibility index (Phi) is 5.39. The summed E-state index contributed by atoms with van der Waals surface area (Å²) in [6, 6.07) is 9.15. The summed E-state index contributed by atoms with van der Waals surface area (Å²) in [5.74, 6) is 0.396. The first kappa shape index (κ1) is 16.0. The molecule has 1 unspecified atom stereocenters. The van der Waals surface area contributed by atoms with Crippen LogP contribution in [0.4, 0.5) is 0 Å². The van der Waals surface area contributed by atoms with E-state index in [9.17, 15) is 5.11 Å². The lowest BCUT2D eigenvalue weighted by atomic mass is 10.3. The van der Waals surface area contributed by atoms with Crippen LogP contribution in [0.2, 0.25) is 10.0 Å². The van der Waals surface area contributed by atoms with Crippen LogP contribution in [0.15, 0.2) is 30.3 Å². The third-order valence-corrected chi connectivity index (χ3v) is 3.69. The lowest BCUT2D eigenvalue weighted by molar-refractivity contribution is 0.115. The molecule has 0 aliphatic rings. The highest BCUT2D eigenvalue weighted by molar-refractivity contribution is 6.37. The molecule has 2 N–H and O–H groups in total. The van der Waals surface area contributed by atoms with Crippen molar-refractivity contribution in [3.8, 4) is 5.75 Å². The molecular weight excluding hydrogens is 311 g/mol. The summed E-state index contributed by atoms with van der Waals surface area (Å²) in [6.45, 7) is 4.45. The van der Waals surface area contributed by atoms with E-state index in [4.69, 9.17) is 27.9 Å². The van der Waals surface area contributed by atoms with Crippen molar-refractivity contribution in [2.75, 3.05) is 18.6 Å². The minimum Gasteiger partial charge on any atom is -0.488 e. The number of aromatic nitrogens is 1. The van der Waals surface area contributed by atoms with Gasteiger partial charge < -0.3 is 15.3 Å². The van der Waals surface area contributed by atoms with Crippen LogP contribution < -0.4 is 10.2 Å². The van der Waals surface area contributed by atoms with Crippen LogP contribution in [0.3, 0.4) is 0 Å². The average Bonchev–Trinajstić information content (AvgIpc) is 2.75. The van der Waals surface area contributed by atoms with E-state index in [2.05, 4.69) is 5.43 Å². The van der Waals surface area contributed by atoms with E-state index in [-0.39, 0.29) is 6.61 Å². The molecular formula is C15H18Cl2N2O2. The van der Waals surface area contributed by atoms with Gasteiger partial charge in [-0.2, -0.15) is 0 Å². The predicted molar refractivity (Wildman–Crippen MR) is 86.1 cm³/mol. The molecule has 1 heterocycles. The molecule has 0 saturated carbocycles. The van der Waals surface area contributed by atoms with E-state index < -0.39 is 6.10 Å². The van der Waals surface area contributed by atoms with Crippen LogP contribution in [0, 0.1) is 13.8 Å². The van der Waals surface area contributed by atoms with Crippen molar-refractivity contribution in [2.24, 2.45) is 0 Å². The minimum absolute atomic E-state index is 0.107. The minimum atomic E-state index is -0.682. The normalized spacial score (nSPS) is 12.2. The summed E-state index contributed by atoms with van der Waals surface area (Å²) < 4.78 is 7.42. The number of halogens is 2. The number of benzene rings is 1. The molecule has 0 spiro atoms. The first-order valence-corrected chi connectivity index (χ1v) is 7.38. The molecule has 0 saturated heterocycles. The van der Waals surface area contributed by atoms with Crippen LogP contribution in [0.5, 0.6) is 5.75 Å². The fraction of sp³-hybridized carbons (Fsp3) is 0.333. The van der Waals surface area contributed by atoms with Gasteiger partial charge in [-0.1, -0.05) is 29.3 Å². The van der Waals surface area contributed by atoms with E-state index >= 15 is 0 Å². The number of nitrogens with zero attached hydrogens (tertiary/aromatic N) is 1. The molecule has 1 aromatic carbocycles. The third-order valence-electron chi connectivity index (χ3n) is 3.10. The Bertz CT molecular complexity index is 574. The van der Waals surface area contributed by atoms with Crippen molar-refractivity contribution in [1.29, 1.82) is 0 Å². The zero-order chi connectivity index (χ0) is 15.4. The number of aliphatic hydroxyl groups excluding tert-OH is 1. The molecule has 0 aliphatic carbocycles. The number of aliphatic hydroxyl groups is 1. The van der Waals surface area contributed by atoms with Gasteiger partial charge in [-0.25, -0.2) is 0 Å². The summed E-state index contributed by atoms with van der Waals surface area (Å²) in [5.41, 5.74) is 5.30. The first-order chi connectivity index (χ1) is 9.99. The maximum atomic E-state index is 9.99. The Morgan fingerprint density at radius 1 is 1.14 bits per heavy atom. The second kappa shape index (κ2) is 7.07. The Morgan fingerprint density at radius 2 is 1.71 bits per heavy atom. The quantitative estimate of drug-likeness (QED) is 0.854. The van der Waals surface area contributed by atoms with E-state index in [1.807, 2.05) is 30.7 Å². The molecule has 0 bridgehead atoms. The van der Waals surface area contributed by atoms with Gasteiger partial charge in [0.2, 0.25) is 0 Å². The van der Waals surface area contributed by atoms with E-state index in [1.165, 1.54) is 0 Å². The van der Waals surface area contributed by atoms with Crippen LogP contribution in [-0.2, 0) is 0 Å². The number of rotatable bonds is 6. The zero-order valence-corrected chi connectivity index (χ0v) is 13.4. The summed E-state index contributed by atoms with van der Waals surface area (Å²) in [7, 11) is 0. The number of nitrogens with one attached hydrogen (secondary N) is 1. The summed E-state index contributed by atoms with van der Waals surface area (Å²) in [6.07, 6.45) is -0.682. The van der Waals surface area contributed by atoms with Gasteiger partial charge in [-0.15, -0.1) is 0 Å². The summed E-state index contributed by atoms with van der Waals surface area (Å²) >= 11 is 12.0. The van der Waals surface area contributed by atoms with Gasteiger partial charge in [0.15, 0.2) is 5.75 Å². The second-order valence-electron chi connectivity index (χ2n) is 4.83. The summed E-state index contributed by atoms with van der Waals surface area (Å²) in [5, 5.41) is 10.8. The highest BCUT2D eigenvalue weighted by atomic mass is 35.5. The van der Waals surface area contributed by atoms with Crippen molar-refractivity contribution in [1.82, 2.24) is 4.68 Å². The van der Waals surface area contributed by atoms with E-state index in [1.54, 1.807) is 18.2 Å². The van der Waals surface area contributed by atoms with Gasteiger partial charge in [0.1, 0.15) is 12.7 Å². The lowest BCUT2D eigenvalue weighted by Crippen LogP contribution is -2.31. The first-order valence-electron chi connectivity index (χ1n) is 6.62. The van der Waals surface area contributed by atoms with Crippen LogP contribution in [0.1, 0.15) is 11.4 Å². The number of hydrogen-bond acceptors (Lipinski definition) is 3. The van der Waals surface area contributed by atoms with Crippen LogP contribution in [-0.4, -0.2) is 29.0 Å². The molecule has 2 aromatic rings. The van der Waals surface area contributed by atoms with E-state index in [0.717, 1.165) is 11.4 Å². The molecule has 4 nitrogen and oxygen atoms in total. The van der Waals surface area contributed by atoms with Gasteiger partial charge in [-0.05, 0) is 38.1 Å². The Balaban J connectivity index is 1.87. The molecule has 0 fully saturated rings. The van der Waals surface area contributed by atoms with E-state index in [0.29, 0.717) is 22.3 Å². The molecule has 114 valence electrons. The van der Waals surface area contributed by atoms with Crippen molar-refractivity contribution in [3.05, 3.63) is 51.8 Å². The smallest absolute Gasteiger partial charge is 0.156 e. The number of ether oxygens (including phenoxy) is 1. The highest BCUT2D eigenvalue weighted by Gasteiger charge is 2.11. The molecule has 1 aromatic heterocycles. The highest BCUT2D eigenvalue weighted by Crippen LogP contribution is 2.32. The summed E-state index contributed by atoms with van der Waals surface area (Å²) in [4.78, 5) is 0. The standard InChI is InChI=1S/C15H18Cl2N2O2/c1-10-6-7-11(2)19(10)18-8-12(20)9-21-15-13(16)4-3-5-14(15)17/h3-7,12,18,20H,8-9H2,1-2H3. The van der Waals surface area contributed by atoms with Crippen molar-refractivity contribution in [2.45, 2.75) is 20.0 Å². The van der Waals surface area contributed by atoms with Crippen molar-refractivity contribution >= 4 is 23.2 Å². The molecule has 0 radical (unpaired) electrons. The van der Waals surface area contributed by atoms with Gasteiger partial charge in [0.05, 0.1) is 16.6 Å².